The molecule has 2 unspecified atom stereocenters. The fourth-order valence-corrected chi connectivity index (χ4v) is 1.70. The lowest BCUT2D eigenvalue weighted by molar-refractivity contribution is -0.122. The van der Waals surface area contributed by atoms with Gasteiger partial charge in [-0.3, -0.25) is 9.69 Å². The fourth-order valence-electron chi connectivity index (χ4n) is 1.70. The third-order valence-corrected chi connectivity index (χ3v) is 2.48. The van der Waals surface area contributed by atoms with Crippen LogP contribution in [0.25, 0.3) is 0 Å². The van der Waals surface area contributed by atoms with E-state index in [0.717, 1.165) is 6.54 Å². The second-order valence-corrected chi connectivity index (χ2v) is 3.66. The van der Waals surface area contributed by atoms with Gasteiger partial charge in [-0.25, -0.2) is 0 Å². The molecule has 2 atom stereocenters. The van der Waals surface area contributed by atoms with Crippen molar-refractivity contribution in [3.05, 3.63) is 0 Å². The molecule has 1 heterocycles. The first-order valence-electron chi connectivity index (χ1n) is 5.01. The van der Waals surface area contributed by atoms with Crippen LogP contribution in [0, 0.1) is 0 Å². The van der Waals surface area contributed by atoms with Crippen molar-refractivity contribution < 1.29 is 9.90 Å². The molecule has 3 N–H and O–H groups in total. The summed E-state index contributed by atoms with van der Waals surface area (Å²) in [6, 6.07) is 0.0533. The lowest BCUT2D eigenvalue weighted by Crippen LogP contribution is -2.45. The minimum atomic E-state index is -0.366. The number of likely N-dealkylation sites (N-methyl/N-ethyl adjacent to an activating group) is 2. The van der Waals surface area contributed by atoms with Crippen LogP contribution in [0.1, 0.15) is 6.92 Å². The van der Waals surface area contributed by atoms with Crippen molar-refractivity contribution in [2.24, 2.45) is 0 Å². The summed E-state index contributed by atoms with van der Waals surface area (Å²) in [5.41, 5.74) is 0. The summed E-state index contributed by atoms with van der Waals surface area (Å²) in [4.78, 5) is 13.1. The van der Waals surface area contributed by atoms with Gasteiger partial charge in [0.2, 0.25) is 5.91 Å². The Hall–Kier alpha value is -0.650. The minimum Gasteiger partial charge on any atom is -0.390 e. The van der Waals surface area contributed by atoms with Crippen molar-refractivity contribution in [2.45, 2.75) is 19.1 Å². The van der Waals surface area contributed by atoms with Crippen LogP contribution in [0.5, 0.6) is 0 Å². The highest BCUT2D eigenvalue weighted by Gasteiger charge is 2.28. The summed E-state index contributed by atoms with van der Waals surface area (Å²) in [6.45, 7) is 4.25. The molecule has 0 aromatic rings. The maximum absolute atomic E-state index is 11.3. The Balaban J connectivity index is 2.33. The number of hydrogen-bond acceptors (Lipinski definition) is 4. The molecular weight excluding hydrogens is 182 g/mol. The van der Waals surface area contributed by atoms with Crippen LogP contribution in [-0.2, 0) is 4.79 Å². The van der Waals surface area contributed by atoms with Crippen LogP contribution in [0.15, 0.2) is 0 Å². The average Bonchev–Trinajstić information content (AvgIpc) is 2.51. The maximum atomic E-state index is 11.3. The van der Waals surface area contributed by atoms with Crippen molar-refractivity contribution in [2.75, 3.05) is 33.2 Å². The molecular formula is C9H19N3O2. The Morgan fingerprint density at radius 3 is 2.86 bits per heavy atom. The first-order chi connectivity index (χ1) is 6.65. The number of rotatable bonds is 4. The van der Waals surface area contributed by atoms with Gasteiger partial charge in [0, 0.05) is 25.7 Å². The van der Waals surface area contributed by atoms with Gasteiger partial charge < -0.3 is 15.7 Å². The first kappa shape index (κ1) is 11.4. The SMILES string of the molecule is CCNC(=O)CN(C)C1CNCC1O. The van der Waals surface area contributed by atoms with Gasteiger partial charge in [-0.1, -0.05) is 0 Å². The zero-order valence-corrected chi connectivity index (χ0v) is 8.79. The molecule has 0 aromatic carbocycles. The summed E-state index contributed by atoms with van der Waals surface area (Å²) in [5, 5.41) is 15.4. The first-order valence-corrected chi connectivity index (χ1v) is 5.01. The van der Waals surface area contributed by atoms with E-state index in [2.05, 4.69) is 10.6 Å². The molecule has 1 saturated heterocycles. The van der Waals surface area contributed by atoms with E-state index < -0.39 is 0 Å². The molecule has 0 aromatic heterocycles. The third kappa shape index (κ3) is 2.94. The molecule has 0 spiro atoms. The quantitative estimate of drug-likeness (QED) is 0.512. The molecule has 0 radical (unpaired) electrons. The van der Waals surface area contributed by atoms with E-state index in [4.69, 9.17) is 0 Å². The molecule has 5 nitrogen and oxygen atoms in total. The summed E-state index contributed by atoms with van der Waals surface area (Å²) in [5.74, 6) is 0.00843. The predicted molar refractivity (Wildman–Crippen MR) is 54.0 cm³/mol. The Morgan fingerprint density at radius 1 is 1.64 bits per heavy atom. The number of carbonyl (C=O) groups excluding carboxylic acids is 1. The molecule has 1 amide bonds. The molecule has 1 aliphatic heterocycles. The van der Waals surface area contributed by atoms with E-state index in [1.807, 2.05) is 18.9 Å². The van der Waals surface area contributed by atoms with E-state index in [1.165, 1.54) is 0 Å². The molecule has 14 heavy (non-hydrogen) atoms. The normalized spacial score (nSPS) is 26.9. The smallest absolute Gasteiger partial charge is 0.234 e. The lowest BCUT2D eigenvalue weighted by atomic mass is 10.2. The topological polar surface area (TPSA) is 64.6 Å². The van der Waals surface area contributed by atoms with E-state index in [9.17, 15) is 9.90 Å². The van der Waals surface area contributed by atoms with Gasteiger partial charge in [-0.15, -0.1) is 0 Å². The van der Waals surface area contributed by atoms with Crippen molar-refractivity contribution >= 4 is 5.91 Å². The summed E-state index contributed by atoms with van der Waals surface area (Å²) in [7, 11) is 1.86. The Morgan fingerprint density at radius 2 is 2.36 bits per heavy atom. The number of hydrogen-bond donors (Lipinski definition) is 3. The molecule has 1 rings (SSSR count). The number of carbonyl (C=O) groups is 1. The average molecular weight is 201 g/mol. The van der Waals surface area contributed by atoms with Crippen LogP contribution in [0.3, 0.4) is 0 Å². The molecule has 1 aliphatic rings. The van der Waals surface area contributed by atoms with E-state index in [-0.39, 0.29) is 18.1 Å². The second kappa shape index (κ2) is 5.29. The predicted octanol–water partition coefficient (Wildman–Crippen LogP) is -1.61. The second-order valence-electron chi connectivity index (χ2n) is 3.66. The number of amides is 1. The highest BCUT2D eigenvalue weighted by molar-refractivity contribution is 5.77. The van der Waals surface area contributed by atoms with E-state index in [1.54, 1.807) is 0 Å². The number of nitrogens with zero attached hydrogens (tertiary/aromatic N) is 1. The van der Waals surface area contributed by atoms with Gasteiger partial charge >= 0.3 is 0 Å². The van der Waals surface area contributed by atoms with Gasteiger partial charge in [0.05, 0.1) is 12.6 Å². The third-order valence-electron chi connectivity index (χ3n) is 2.48. The number of nitrogens with one attached hydrogen (secondary N) is 2. The van der Waals surface area contributed by atoms with Gasteiger partial charge in [0.15, 0.2) is 0 Å². The number of β-amino-alcohol motifs (C(OH)–C–C–N with tert-alkyl or cyclic N) is 1. The molecule has 0 aliphatic carbocycles. The maximum Gasteiger partial charge on any atom is 0.234 e. The van der Waals surface area contributed by atoms with E-state index in [0.29, 0.717) is 19.6 Å². The summed E-state index contributed by atoms with van der Waals surface area (Å²) < 4.78 is 0. The van der Waals surface area contributed by atoms with Crippen LogP contribution in [0.4, 0.5) is 0 Å². The van der Waals surface area contributed by atoms with Gasteiger partial charge in [-0.2, -0.15) is 0 Å². The van der Waals surface area contributed by atoms with Crippen LogP contribution in [-0.4, -0.2) is 61.3 Å². The van der Waals surface area contributed by atoms with Crippen LogP contribution >= 0.6 is 0 Å². The molecule has 82 valence electrons. The zero-order chi connectivity index (χ0) is 10.6. The standard InChI is InChI=1S/C9H19N3O2/c1-3-11-9(14)6-12(2)7-4-10-5-8(7)13/h7-8,10,13H,3-6H2,1-2H3,(H,11,14). The lowest BCUT2D eigenvalue weighted by Gasteiger charge is -2.25. The van der Waals surface area contributed by atoms with Gasteiger partial charge in [0.1, 0.15) is 0 Å². The van der Waals surface area contributed by atoms with Gasteiger partial charge in [-0.05, 0) is 14.0 Å². The minimum absolute atomic E-state index is 0.00843. The van der Waals surface area contributed by atoms with Crippen LogP contribution < -0.4 is 10.6 Å². The Labute approximate surface area is 84.5 Å². The molecule has 5 heteroatoms. The van der Waals surface area contributed by atoms with Crippen molar-refractivity contribution in [3.8, 4) is 0 Å². The molecule has 0 saturated carbocycles. The van der Waals surface area contributed by atoms with E-state index >= 15 is 0 Å². The number of aliphatic hydroxyl groups excluding tert-OH is 1. The number of aliphatic hydroxyl groups is 1. The zero-order valence-electron chi connectivity index (χ0n) is 8.79. The van der Waals surface area contributed by atoms with Crippen LogP contribution in [0.2, 0.25) is 0 Å². The van der Waals surface area contributed by atoms with Gasteiger partial charge in [0.25, 0.3) is 0 Å². The largest absolute Gasteiger partial charge is 0.390 e. The monoisotopic (exact) mass is 201 g/mol. The Kier molecular flexibility index (Phi) is 4.31. The molecule has 1 fully saturated rings. The summed E-state index contributed by atoms with van der Waals surface area (Å²) >= 11 is 0. The summed E-state index contributed by atoms with van der Waals surface area (Å²) in [6.07, 6.45) is -0.366. The Bertz CT molecular complexity index is 198. The van der Waals surface area contributed by atoms with Crippen molar-refractivity contribution in [1.82, 2.24) is 15.5 Å². The molecule has 0 bridgehead atoms. The highest BCUT2D eigenvalue weighted by atomic mass is 16.3. The van der Waals surface area contributed by atoms with Crippen molar-refractivity contribution in [1.29, 1.82) is 0 Å². The highest BCUT2D eigenvalue weighted by Crippen LogP contribution is 2.06. The fraction of sp³-hybridized carbons (Fsp3) is 0.889. The van der Waals surface area contributed by atoms with Crippen molar-refractivity contribution in [3.63, 3.8) is 0 Å².